The molecule has 0 aliphatic heterocycles. The molecule has 1 aliphatic rings. The minimum atomic E-state index is 0.732. The van der Waals surface area contributed by atoms with Gasteiger partial charge in [-0.1, -0.05) is 13.8 Å². The third kappa shape index (κ3) is 7.71. The molecule has 0 radical (unpaired) electrons. The van der Waals surface area contributed by atoms with E-state index in [9.17, 15) is 0 Å². The standard InChI is InChI=1S/C13H30N4/c1-3-14-7-5-9-16-12-11-13(12)17-10-6-8-15-4-2/h12-17H,3-11H2,1-2H3/t12-,13+. The van der Waals surface area contributed by atoms with Crippen molar-refractivity contribution in [2.75, 3.05) is 39.3 Å². The lowest BCUT2D eigenvalue weighted by molar-refractivity contribution is 0.558. The zero-order valence-electron chi connectivity index (χ0n) is 11.5. The Balaban J connectivity index is 1.78. The first kappa shape index (κ1) is 14.9. The van der Waals surface area contributed by atoms with Crippen LogP contribution in [0, 0.1) is 0 Å². The van der Waals surface area contributed by atoms with E-state index in [1.807, 2.05) is 0 Å². The molecule has 0 heterocycles. The summed E-state index contributed by atoms with van der Waals surface area (Å²) >= 11 is 0. The Kier molecular flexibility index (Phi) is 8.61. The van der Waals surface area contributed by atoms with Crippen molar-refractivity contribution in [2.45, 2.75) is 45.2 Å². The second-order valence-electron chi connectivity index (χ2n) is 4.77. The highest BCUT2D eigenvalue weighted by atomic mass is 15.1. The van der Waals surface area contributed by atoms with E-state index in [1.54, 1.807) is 0 Å². The first-order valence-corrected chi connectivity index (χ1v) is 7.26. The molecule has 1 rings (SSSR count). The van der Waals surface area contributed by atoms with Crippen molar-refractivity contribution in [3.63, 3.8) is 0 Å². The molecule has 4 heteroatoms. The molecule has 0 aromatic heterocycles. The Bertz CT molecular complexity index is 157. The normalized spacial score (nSPS) is 22.9. The average Bonchev–Trinajstić information content (AvgIpc) is 3.07. The fourth-order valence-electron chi connectivity index (χ4n) is 2.00. The summed E-state index contributed by atoms with van der Waals surface area (Å²) in [6.45, 7) is 11.0. The molecule has 0 bridgehead atoms. The van der Waals surface area contributed by atoms with Crippen LogP contribution in [0.1, 0.15) is 33.1 Å². The number of hydrogen-bond acceptors (Lipinski definition) is 4. The SMILES string of the molecule is CCNCCCN[C@H]1C[C@H]1NCCCNCC. The van der Waals surface area contributed by atoms with Crippen LogP contribution in [-0.2, 0) is 0 Å². The average molecular weight is 242 g/mol. The van der Waals surface area contributed by atoms with Gasteiger partial charge in [-0.3, -0.25) is 0 Å². The zero-order chi connectivity index (χ0) is 12.3. The van der Waals surface area contributed by atoms with E-state index in [4.69, 9.17) is 0 Å². The Morgan fingerprint density at radius 2 is 1.24 bits per heavy atom. The van der Waals surface area contributed by atoms with E-state index in [0.29, 0.717) is 0 Å². The summed E-state index contributed by atoms with van der Waals surface area (Å²) < 4.78 is 0. The van der Waals surface area contributed by atoms with Gasteiger partial charge >= 0.3 is 0 Å². The molecule has 1 aliphatic carbocycles. The first-order valence-electron chi connectivity index (χ1n) is 7.26. The Morgan fingerprint density at radius 1 is 0.765 bits per heavy atom. The second kappa shape index (κ2) is 9.83. The maximum Gasteiger partial charge on any atom is 0.0237 e. The quantitative estimate of drug-likeness (QED) is 0.372. The topological polar surface area (TPSA) is 48.1 Å². The third-order valence-electron chi connectivity index (χ3n) is 3.16. The van der Waals surface area contributed by atoms with Gasteiger partial charge in [-0.2, -0.15) is 0 Å². The molecule has 1 fully saturated rings. The van der Waals surface area contributed by atoms with Gasteiger partial charge in [0.2, 0.25) is 0 Å². The van der Waals surface area contributed by atoms with Crippen LogP contribution in [0.3, 0.4) is 0 Å². The highest BCUT2D eigenvalue weighted by Gasteiger charge is 2.35. The van der Waals surface area contributed by atoms with Gasteiger partial charge in [0.25, 0.3) is 0 Å². The summed E-state index contributed by atoms with van der Waals surface area (Å²) in [5, 5.41) is 13.9. The minimum Gasteiger partial charge on any atom is -0.317 e. The van der Waals surface area contributed by atoms with E-state index in [2.05, 4.69) is 35.1 Å². The first-order chi connectivity index (χ1) is 8.38. The Labute approximate surface area is 106 Å². The van der Waals surface area contributed by atoms with E-state index in [-0.39, 0.29) is 0 Å². The highest BCUT2D eigenvalue weighted by molar-refractivity contribution is 4.99. The fourth-order valence-corrected chi connectivity index (χ4v) is 2.00. The van der Waals surface area contributed by atoms with Crippen LogP contribution < -0.4 is 21.3 Å². The predicted octanol–water partition coefficient (Wildman–Crippen LogP) is 0.306. The molecule has 17 heavy (non-hydrogen) atoms. The van der Waals surface area contributed by atoms with E-state index < -0.39 is 0 Å². The predicted molar refractivity (Wildman–Crippen MR) is 74.5 cm³/mol. The third-order valence-corrected chi connectivity index (χ3v) is 3.16. The molecule has 0 unspecified atom stereocenters. The van der Waals surface area contributed by atoms with Crippen LogP contribution in [0.15, 0.2) is 0 Å². The van der Waals surface area contributed by atoms with Gasteiger partial charge in [0.1, 0.15) is 0 Å². The lowest BCUT2D eigenvalue weighted by atomic mass is 10.4. The van der Waals surface area contributed by atoms with E-state index in [0.717, 1.165) is 51.4 Å². The van der Waals surface area contributed by atoms with Crippen molar-refractivity contribution < 1.29 is 0 Å². The Hall–Kier alpha value is -0.160. The fraction of sp³-hybridized carbons (Fsp3) is 1.00. The van der Waals surface area contributed by atoms with Crippen LogP contribution in [0.5, 0.6) is 0 Å². The molecule has 4 nitrogen and oxygen atoms in total. The van der Waals surface area contributed by atoms with Gasteiger partial charge in [-0.05, 0) is 58.5 Å². The summed E-state index contributed by atoms with van der Waals surface area (Å²) in [7, 11) is 0. The molecule has 4 N–H and O–H groups in total. The van der Waals surface area contributed by atoms with Crippen LogP contribution in [0.4, 0.5) is 0 Å². The molecule has 102 valence electrons. The van der Waals surface area contributed by atoms with Gasteiger partial charge in [-0.25, -0.2) is 0 Å². The number of rotatable bonds is 12. The summed E-state index contributed by atoms with van der Waals surface area (Å²) in [6, 6.07) is 1.46. The summed E-state index contributed by atoms with van der Waals surface area (Å²) in [4.78, 5) is 0. The zero-order valence-corrected chi connectivity index (χ0v) is 11.5. The molecular weight excluding hydrogens is 212 g/mol. The van der Waals surface area contributed by atoms with E-state index >= 15 is 0 Å². The second-order valence-corrected chi connectivity index (χ2v) is 4.77. The van der Waals surface area contributed by atoms with Crippen LogP contribution >= 0.6 is 0 Å². The maximum absolute atomic E-state index is 3.60. The van der Waals surface area contributed by atoms with Gasteiger partial charge in [-0.15, -0.1) is 0 Å². The van der Waals surface area contributed by atoms with Crippen LogP contribution in [-0.4, -0.2) is 51.4 Å². The van der Waals surface area contributed by atoms with Crippen LogP contribution in [0.2, 0.25) is 0 Å². The Morgan fingerprint density at radius 3 is 1.65 bits per heavy atom. The summed E-state index contributed by atoms with van der Waals surface area (Å²) in [5.41, 5.74) is 0. The number of nitrogens with one attached hydrogen (secondary N) is 4. The highest BCUT2D eigenvalue weighted by Crippen LogP contribution is 2.20. The van der Waals surface area contributed by atoms with Gasteiger partial charge in [0, 0.05) is 12.1 Å². The van der Waals surface area contributed by atoms with Crippen molar-refractivity contribution in [3.05, 3.63) is 0 Å². The molecule has 2 atom stereocenters. The molecule has 1 saturated carbocycles. The molecule has 0 aromatic carbocycles. The van der Waals surface area contributed by atoms with E-state index in [1.165, 1.54) is 19.3 Å². The maximum atomic E-state index is 3.60. The lowest BCUT2D eigenvalue weighted by Crippen LogP contribution is -2.30. The van der Waals surface area contributed by atoms with Crippen molar-refractivity contribution in [3.8, 4) is 0 Å². The molecule has 0 amide bonds. The van der Waals surface area contributed by atoms with Gasteiger partial charge in [0.15, 0.2) is 0 Å². The van der Waals surface area contributed by atoms with Crippen molar-refractivity contribution in [2.24, 2.45) is 0 Å². The molecule has 0 spiro atoms. The van der Waals surface area contributed by atoms with Gasteiger partial charge in [0.05, 0.1) is 0 Å². The molecule has 0 aromatic rings. The number of hydrogen-bond donors (Lipinski definition) is 4. The van der Waals surface area contributed by atoms with Gasteiger partial charge < -0.3 is 21.3 Å². The smallest absolute Gasteiger partial charge is 0.0237 e. The van der Waals surface area contributed by atoms with Crippen molar-refractivity contribution in [1.82, 2.24) is 21.3 Å². The molecule has 0 saturated heterocycles. The lowest BCUT2D eigenvalue weighted by Gasteiger charge is -2.06. The van der Waals surface area contributed by atoms with Crippen molar-refractivity contribution in [1.29, 1.82) is 0 Å². The molecular formula is C13H30N4. The summed E-state index contributed by atoms with van der Waals surface area (Å²) in [5.74, 6) is 0. The monoisotopic (exact) mass is 242 g/mol. The minimum absolute atomic E-state index is 0.732. The largest absolute Gasteiger partial charge is 0.317 e. The van der Waals surface area contributed by atoms with Crippen LogP contribution in [0.25, 0.3) is 0 Å². The van der Waals surface area contributed by atoms with Crippen molar-refractivity contribution >= 4 is 0 Å². The summed E-state index contributed by atoms with van der Waals surface area (Å²) in [6.07, 6.45) is 3.78.